The first-order valence-corrected chi connectivity index (χ1v) is 12.7. The van der Waals surface area contributed by atoms with Crippen LogP contribution in [0.1, 0.15) is 22.8 Å². The number of phenolic OH excluding ortho intramolecular Hbond substituents is 1. The minimum atomic E-state index is -0.772. The maximum absolute atomic E-state index is 11.6. The average Bonchev–Trinajstić information content (AvgIpc) is 2.94. The molecule has 0 amide bonds. The Bertz CT molecular complexity index is 1600. The molecule has 0 radical (unpaired) electrons. The number of fused-ring (bicyclic) bond motifs is 1. The van der Waals surface area contributed by atoms with Gasteiger partial charge in [-0.15, -0.1) is 0 Å². The van der Waals surface area contributed by atoms with Crippen LogP contribution in [0, 0.1) is 6.92 Å². The first-order chi connectivity index (χ1) is 18.5. The fourth-order valence-electron chi connectivity index (χ4n) is 4.68. The summed E-state index contributed by atoms with van der Waals surface area (Å²) in [6.07, 6.45) is 0.0464. The van der Waals surface area contributed by atoms with Crippen LogP contribution in [-0.2, 0) is 6.42 Å². The van der Waals surface area contributed by atoms with E-state index in [4.69, 9.17) is 0 Å². The van der Waals surface area contributed by atoms with Gasteiger partial charge in [-0.2, -0.15) is 0 Å². The van der Waals surface area contributed by atoms with E-state index in [1.54, 1.807) is 12.1 Å². The number of aliphatic hydroxyl groups excluding tert-OH is 1. The Morgan fingerprint density at radius 1 is 0.868 bits per heavy atom. The van der Waals surface area contributed by atoms with E-state index >= 15 is 0 Å². The van der Waals surface area contributed by atoms with Crippen molar-refractivity contribution in [3.8, 4) is 16.9 Å². The number of aromatic hydroxyl groups is 1. The molecule has 1 heterocycles. The van der Waals surface area contributed by atoms with Gasteiger partial charge in [0.25, 0.3) is 0 Å². The van der Waals surface area contributed by atoms with Crippen LogP contribution in [0.4, 0.5) is 11.4 Å². The summed E-state index contributed by atoms with van der Waals surface area (Å²) in [4.78, 5) is 14.2. The lowest BCUT2D eigenvalue weighted by Crippen LogP contribution is -2.24. The van der Waals surface area contributed by atoms with Gasteiger partial charge in [0.2, 0.25) is 5.56 Å². The molecule has 5 aromatic rings. The van der Waals surface area contributed by atoms with E-state index in [1.165, 1.54) is 34.4 Å². The molecule has 4 aromatic carbocycles. The molecule has 1 aromatic heterocycles. The Balaban J connectivity index is 1.15. The third-order valence-electron chi connectivity index (χ3n) is 6.76. The number of anilines is 2. The standard InChI is InChI=1S/C32H31N3O3/c1-21-7-10-25(19-28(21)23-5-3-2-4-6-23)34-24-11-8-22(9-12-24)17-18-33-20-30(37)26-13-15-29(36)32-27(26)14-16-31(38)35-32/h2-16,19,30,33-34,36-37H,17-18,20H2,1H3,(H,35,38)/t30-/m0/s1. The smallest absolute Gasteiger partial charge is 0.248 e. The van der Waals surface area contributed by atoms with Crippen LogP contribution in [0.2, 0.25) is 0 Å². The first kappa shape index (κ1) is 25.3. The van der Waals surface area contributed by atoms with Gasteiger partial charge in [0, 0.05) is 29.4 Å². The van der Waals surface area contributed by atoms with Crippen LogP contribution in [0.3, 0.4) is 0 Å². The number of hydrogen-bond acceptors (Lipinski definition) is 5. The minimum Gasteiger partial charge on any atom is -0.506 e. The molecule has 0 bridgehead atoms. The number of aryl methyl sites for hydroxylation is 1. The third kappa shape index (κ3) is 5.78. The van der Waals surface area contributed by atoms with E-state index in [9.17, 15) is 15.0 Å². The van der Waals surface area contributed by atoms with Crippen molar-refractivity contribution in [2.75, 3.05) is 18.4 Å². The van der Waals surface area contributed by atoms with Crippen LogP contribution in [0.15, 0.2) is 102 Å². The van der Waals surface area contributed by atoms with Crippen LogP contribution in [0.5, 0.6) is 5.75 Å². The van der Waals surface area contributed by atoms with Crippen LogP contribution < -0.4 is 16.2 Å². The van der Waals surface area contributed by atoms with Gasteiger partial charge in [-0.1, -0.05) is 54.6 Å². The van der Waals surface area contributed by atoms with Gasteiger partial charge in [-0.3, -0.25) is 4.79 Å². The average molecular weight is 506 g/mol. The Morgan fingerprint density at radius 2 is 1.63 bits per heavy atom. The number of H-pyrrole nitrogens is 1. The second-order valence-corrected chi connectivity index (χ2v) is 9.47. The second kappa shape index (κ2) is 11.3. The fourth-order valence-corrected chi connectivity index (χ4v) is 4.68. The van der Waals surface area contributed by atoms with Gasteiger partial charge in [0.1, 0.15) is 5.75 Å². The van der Waals surface area contributed by atoms with Crippen LogP contribution in [0.25, 0.3) is 22.0 Å². The molecule has 0 aliphatic rings. The summed E-state index contributed by atoms with van der Waals surface area (Å²) in [7, 11) is 0. The lowest BCUT2D eigenvalue weighted by atomic mass is 10.00. The zero-order chi connectivity index (χ0) is 26.5. The van der Waals surface area contributed by atoms with Crippen molar-refractivity contribution < 1.29 is 10.2 Å². The van der Waals surface area contributed by atoms with Gasteiger partial charge >= 0.3 is 0 Å². The molecule has 38 heavy (non-hydrogen) atoms. The van der Waals surface area contributed by atoms with E-state index in [0.29, 0.717) is 29.6 Å². The van der Waals surface area contributed by atoms with Crippen molar-refractivity contribution >= 4 is 22.3 Å². The van der Waals surface area contributed by atoms with Crippen molar-refractivity contribution in [1.82, 2.24) is 10.3 Å². The summed E-state index contributed by atoms with van der Waals surface area (Å²) in [6.45, 7) is 3.19. The van der Waals surface area contributed by atoms with Crippen molar-refractivity contribution in [2.45, 2.75) is 19.4 Å². The molecule has 6 nitrogen and oxygen atoms in total. The third-order valence-corrected chi connectivity index (χ3v) is 6.76. The first-order valence-electron chi connectivity index (χ1n) is 12.7. The molecular formula is C32H31N3O3. The zero-order valence-corrected chi connectivity index (χ0v) is 21.2. The summed E-state index contributed by atoms with van der Waals surface area (Å²) >= 11 is 0. The number of aromatic amines is 1. The molecule has 0 spiro atoms. The second-order valence-electron chi connectivity index (χ2n) is 9.47. The van der Waals surface area contributed by atoms with Crippen molar-refractivity contribution in [1.29, 1.82) is 0 Å². The Kier molecular flexibility index (Phi) is 7.54. The Morgan fingerprint density at radius 3 is 2.42 bits per heavy atom. The van der Waals surface area contributed by atoms with Crippen LogP contribution in [-0.4, -0.2) is 28.3 Å². The maximum Gasteiger partial charge on any atom is 0.248 e. The quantitative estimate of drug-likeness (QED) is 0.163. The molecule has 5 N–H and O–H groups in total. The molecule has 1 atom stereocenters. The zero-order valence-electron chi connectivity index (χ0n) is 21.2. The molecule has 0 saturated carbocycles. The van der Waals surface area contributed by atoms with E-state index < -0.39 is 6.10 Å². The minimum absolute atomic E-state index is 0.0152. The number of benzene rings is 4. The van der Waals surface area contributed by atoms with E-state index in [2.05, 4.69) is 89.3 Å². The predicted octanol–water partition coefficient (Wildman–Crippen LogP) is 5.82. The molecule has 0 aliphatic carbocycles. The summed E-state index contributed by atoms with van der Waals surface area (Å²) in [5.41, 5.74) is 7.62. The van der Waals surface area contributed by atoms with E-state index in [-0.39, 0.29) is 11.3 Å². The summed E-state index contributed by atoms with van der Waals surface area (Å²) in [5.74, 6) is -0.0152. The number of rotatable bonds is 9. The highest BCUT2D eigenvalue weighted by Crippen LogP contribution is 2.29. The number of aliphatic hydroxyl groups is 1. The van der Waals surface area contributed by atoms with Gasteiger partial charge < -0.3 is 25.8 Å². The monoisotopic (exact) mass is 505 g/mol. The Hall–Kier alpha value is -4.39. The largest absolute Gasteiger partial charge is 0.506 e. The topological polar surface area (TPSA) is 97.4 Å². The Labute approximate surface area is 221 Å². The van der Waals surface area contributed by atoms with Crippen LogP contribution >= 0.6 is 0 Å². The lowest BCUT2D eigenvalue weighted by molar-refractivity contribution is 0.176. The SMILES string of the molecule is Cc1ccc(Nc2ccc(CCNC[C@H](O)c3ccc(O)c4[nH]c(=O)ccc34)cc2)cc1-c1ccccc1. The van der Waals surface area contributed by atoms with E-state index in [0.717, 1.165) is 17.8 Å². The summed E-state index contributed by atoms with van der Waals surface area (Å²) in [5, 5.41) is 28.2. The summed E-state index contributed by atoms with van der Waals surface area (Å²) in [6, 6.07) is 31.4. The van der Waals surface area contributed by atoms with Crippen molar-refractivity contribution in [3.63, 3.8) is 0 Å². The highest BCUT2D eigenvalue weighted by molar-refractivity contribution is 5.87. The number of pyridine rings is 1. The van der Waals surface area contributed by atoms with Crippen molar-refractivity contribution in [3.05, 3.63) is 124 Å². The highest BCUT2D eigenvalue weighted by atomic mass is 16.3. The van der Waals surface area contributed by atoms with Gasteiger partial charge in [0.15, 0.2) is 0 Å². The lowest BCUT2D eigenvalue weighted by Gasteiger charge is -2.15. The number of nitrogens with one attached hydrogen (secondary N) is 3. The molecule has 0 saturated heterocycles. The fraction of sp³-hybridized carbons (Fsp3) is 0.156. The molecule has 5 rings (SSSR count). The maximum atomic E-state index is 11.6. The number of phenols is 1. The highest BCUT2D eigenvalue weighted by Gasteiger charge is 2.13. The summed E-state index contributed by atoms with van der Waals surface area (Å²) < 4.78 is 0. The molecule has 192 valence electrons. The molecule has 0 aliphatic heterocycles. The molecule has 0 unspecified atom stereocenters. The molecule has 0 fully saturated rings. The predicted molar refractivity (Wildman–Crippen MR) is 154 cm³/mol. The number of aromatic nitrogens is 1. The molecular weight excluding hydrogens is 474 g/mol. The van der Waals surface area contributed by atoms with Gasteiger partial charge in [-0.25, -0.2) is 0 Å². The molecule has 6 heteroatoms. The normalized spacial score (nSPS) is 11.9. The van der Waals surface area contributed by atoms with E-state index in [1.807, 2.05) is 6.07 Å². The number of hydrogen-bond donors (Lipinski definition) is 5. The van der Waals surface area contributed by atoms with Gasteiger partial charge in [-0.05, 0) is 84.1 Å². The van der Waals surface area contributed by atoms with Crippen molar-refractivity contribution in [2.24, 2.45) is 0 Å². The van der Waals surface area contributed by atoms with Gasteiger partial charge in [0.05, 0.1) is 11.6 Å².